The van der Waals surface area contributed by atoms with Crippen molar-refractivity contribution < 1.29 is 14.5 Å². The van der Waals surface area contributed by atoms with E-state index in [4.69, 9.17) is 27.9 Å². The number of nitrogens with zero attached hydrogens (tertiary/aromatic N) is 2. The van der Waals surface area contributed by atoms with E-state index in [9.17, 15) is 14.9 Å². The Hall–Kier alpha value is -0.960. The van der Waals surface area contributed by atoms with Gasteiger partial charge >= 0.3 is 5.70 Å². The maximum atomic E-state index is 12.2. The number of benzene rings is 1. The molecule has 0 spiro atoms. The van der Waals surface area contributed by atoms with Gasteiger partial charge in [-0.3, -0.25) is 18.8 Å². The Labute approximate surface area is 155 Å². The summed E-state index contributed by atoms with van der Waals surface area (Å²) >= 11 is 16.2. The fourth-order valence-electron chi connectivity index (χ4n) is 1.83. The van der Waals surface area contributed by atoms with Crippen LogP contribution in [0.4, 0.5) is 0 Å². The molecule has 1 fully saturated rings. The molecule has 2 rings (SSSR count). The Balaban J connectivity index is 2.16. The quantitative estimate of drug-likeness (QED) is 0.296. The summed E-state index contributed by atoms with van der Waals surface area (Å²) < 4.78 is 6.82. The number of rotatable bonds is 5. The van der Waals surface area contributed by atoms with Crippen LogP contribution in [0.15, 0.2) is 28.9 Å². The maximum absolute atomic E-state index is 12.2. The number of nitro groups is 1. The molecule has 0 unspecified atom stereocenters. The zero-order valence-electron chi connectivity index (χ0n) is 11.6. The largest absolute Gasteiger partial charge is 0.484 e. The Kier molecular flexibility index (Phi) is 6.58. The molecule has 10 heteroatoms. The van der Waals surface area contributed by atoms with Gasteiger partial charge in [-0.25, -0.2) is 0 Å². The second kappa shape index (κ2) is 8.23. The summed E-state index contributed by atoms with van der Waals surface area (Å²) in [5, 5.41) is 12.2. The van der Waals surface area contributed by atoms with Crippen molar-refractivity contribution in [2.24, 2.45) is 0 Å². The van der Waals surface area contributed by atoms with Crippen molar-refractivity contribution in [3.63, 3.8) is 0 Å². The van der Waals surface area contributed by atoms with Crippen LogP contribution in [0.2, 0.25) is 10.0 Å². The van der Waals surface area contributed by atoms with Crippen molar-refractivity contribution in [1.29, 1.82) is 0 Å². The lowest BCUT2D eigenvalue weighted by Crippen LogP contribution is -2.26. The third kappa shape index (κ3) is 4.76. The van der Waals surface area contributed by atoms with Gasteiger partial charge in [0, 0.05) is 17.3 Å². The van der Waals surface area contributed by atoms with Crippen molar-refractivity contribution in [3.8, 4) is 5.75 Å². The zero-order chi connectivity index (χ0) is 17.0. The van der Waals surface area contributed by atoms with Gasteiger partial charge in [0.05, 0.1) is 26.1 Å². The van der Waals surface area contributed by atoms with Gasteiger partial charge in [-0.1, -0.05) is 23.2 Å². The number of ether oxygens (including phenoxy) is 1. The number of hydrogen-bond acceptors (Lipinski definition) is 6. The van der Waals surface area contributed by atoms with Crippen LogP contribution >= 0.6 is 51.1 Å². The highest BCUT2D eigenvalue weighted by Crippen LogP contribution is 2.33. The van der Waals surface area contributed by atoms with Crippen LogP contribution in [0, 0.1) is 10.1 Å². The van der Waals surface area contributed by atoms with Gasteiger partial charge in [-0.05, 0) is 24.6 Å². The normalized spacial score (nSPS) is 16.9. The van der Waals surface area contributed by atoms with Gasteiger partial charge in [-0.2, -0.15) is 0 Å². The molecule has 1 aromatic carbocycles. The van der Waals surface area contributed by atoms with Crippen LogP contribution in [-0.4, -0.2) is 33.5 Å². The van der Waals surface area contributed by atoms with Crippen molar-refractivity contribution in [2.45, 2.75) is 6.42 Å². The molecular formula is C13H11BrCl2N2O4S. The Morgan fingerprint density at radius 1 is 1.48 bits per heavy atom. The smallest absolute Gasteiger partial charge is 0.346 e. The second-order valence-corrected chi connectivity index (χ2v) is 7.27. The first-order valence-corrected chi connectivity index (χ1v) is 8.91. The van der Waals surface area contributed by atoms with Gasteiger partial charge < -0.3 is 4.74 Å². The van der Waals surface area contributed by atoms with Crippen molar-refractivity contribution in [3.05, 3.63) is 49.1 Å². The molecule has 0 amide bonds. The number of Topliss-reactive ketones (excluding diaryl/α,β-unsaturated/α-hetero) is 1. The molecule has 0 bridgehead atoms. The van der Waals surface area contributed by atoms with E-state index in [1.807, 2.05) is 0 Å². The fourth-order valence-corrected chi connectivity index (χ4v) is 4.04. The van der Waals surface area contributed by atoms with E-state index in [0.29, 0.717) is 17.3 Å². The summed E-state index contributed by atoms with van der Waals surface area (Å²) in [6, 6.07) is 4.52. The predicted molar refractivity (Wildman–Crippen MR) is 93.7 cm³/mol. The van der Waals surface area contributed by atoms with Gasteiger partial charge in [-0.15, -0.1) is 11.8 Å². The van der Waals surface area contributed by atoms with Gasteiger partial charge in [0.15, 0.2) is 11.6 Å². The van der Waals surface area contributed by atoms with E-state index in [1.165, 1.54) is 27.8 Å². The minimum atomic E-state index is -0.727. The lowest BCUT2D eigenvalue weighted by molar-refractivity contribution is -0.420. The highest BCUT2D eigenvalue weighted by atomic mass is 79.9. The molecule has 0 atom stereocenters. The molecule has 6 nitrogen and oxygen atoms in total. The lowest BCUT2D eigenvalue weighted by Gasteiger charge is -2.23. The Morgan fingerprint density at radius 2 is 2.22 bits per heavy atom. The van der Waals surface area contributed by atoms with E-state index >= 15 is 0 Å². The topological polar surface area (TPSA) is 72.7 Å². The summed E-state index contributed by atoms with van der Waals surface area (Å²) in [4.78, 5) is 22.8. The van der Waals surface area contributed by atoms with E-state index < -0.39 is 23.0 Å². The molecule has 0 aromatic heterocycles. The monoisotopic (exact) mass is 440 g/mol. The van der Waals surface area contributed by atoms with Gasteiger partial charge in [0.1, 0.15) is 5.75 Å². The van der Waals surface area contributed by atoms with Crippen LogP contribution < -0.4 is 4.74 Å². The Bertz CT molecular complexity index is 671. The number of halogens is 3. The molecule has 1 aromatic rings. The first-order valence-electron chi connectivity index (χ1n) is 6.46. The average molecular weight is 442 g/mol. The van der Waals surface area contributed by atoms with Crippen LogP contribution in [0.25, 0.3) is 0 Å². The highest BCUT2D eigenvalue weighted by molar-refractivity contribution is 9.07. The molecule has 0 saturated carbocycles. The molecular weight excluding hydrogens is 431 g/mol. The summed E-state index contributed by atoms with van der Waals surface area (Å²) in [5.41, 5.74) is -0.489. The SMILES string of the molecule is O=C(COc1ccc(Cl)cc1Cl)C(=C1SCCCN1Br)[N+](=O)[O-]. The summed E-state index contributed by atoms with van der Waals surface area (Å²) in [5.74, 6) is 0.227. The van der Waals surface area contributed by atoms with E-state index in [0.717, 1.165) is 6.42 Å². The maximum Gasteiger partial charge on any atom is 0.346 e. The van der Waals surface area contributed by atoms with E-state index in [-0.39, 0.29) is 15.8 Å². The molecule has 0 aliphatic carbocycles. The summed E-state index contributed by atoms with van der Waals surface area (Å²) in [6.45, 7) is 0.111. The van der Waals surface area contributed by atoms with E-state index in [2.05, 4.69) is 16.1 Å². The van der Waals surface area contributed by atoms with Crippen LogP contribution in [0.5, 0.6) is 5.75 Å². The van der Waals surface area contributed by atoms with Crippen molar-refractivity contribution >= 4 is 56.9 Å². The molecule has 124 valence electrons. The number of hydrogen-bond donors (Lipinski definition) is 0. The van der Waals surface area contributed by atoms with Crippen LogP contribution in [-0.2, 0) is 4.79 Å². The minimum absolute atomic E-state index is 0.231. The van der Waals surface area contributed by atoms with E-state index in [1.54, 1.807) is 6.07 Å². The summed E-state index contributed by atoms with van der Waals surface area (Å²) in [6.07, 6.45) is 0.871. The third-order valence-corrected chi connectivity index (χ3v) is 5.51. The van der Waals surface area contributed by atoms with Crippen LogP contribution in [0.3, 0.4) is 0 Å². The number of thioether (sulfide) groups is 1. The highest BCUT2D eigenvalue weighted by Gasteiger charge is 2.32. The van der Waals surface area contributed by atoms with Crippen molar-refractivity contribution in [1.82, 2.24) is 3.93 Å². The zero-order valence-corrected chi connectivity index (χ0v) is 15.5. The molecule has 1 aliphatic heterocycles. The average Bonchev–Trinajstić information content (AvgIpc) is 2.48. The van der Waals surface area contributed by atoms with Gasteiger partial charge in [0.2, 0.25) is 0 Å². The number of carbonyl (C=O) groups excluding carboxylic acids is 1. The summed E-state index contributed by atoms with van der Waals surface area (Å²) in [7, 11) is 0. The lowest BCUT2D eigenvalue weighted by atomic mass is 10.3. The number of carbonyl (C=O) groups is 1. The first-order chi connectivity index (χ1) is 10.9. The van der Waals surface area contributed by atoms with Gasteiger partial charge in [0.25, 0.3) is 5.78 Å². The third-order valence-electron chi connectivity index (χ3n) is 2.86. The fraction of sp³-hybridized carbons (Fsp3) is 0.308. The molecule has 23 heavy (non-hydrogen) atoms. The predicted octanol–water partition coefficient (Wildman–Crippen LogP) is 4.14. The first kappa shape index (κ1) is 18.4. The second-order valence-electron chi connectivity index (χ2n) is 4.49. The minimum Gasteiger partial charge on any atom is -0.484 e. The van der Waals surface area contributed by atoms with Crippen LogP contribution in [0.1, 0.15) is 6.42 Å². The molecule has 1 heterocycles. The Morgan fingerprint density at radius 3 is 2.83 bits per heavy atom. The molecule has 1 saturated heterocycles. The molecule has 0 radical (unpaired) electrons. The van der Waals surface area contributed by atoms with Crippen molar-refractivity contribution in [2.75, 3.05) is 18.9 Å². The standard InChI is InChI=1S/C13H11BrCl2N2O4S/c14-17-4-1-5-23-13(17)12(18(20)21)10(19)7-22-11-3-2-8(15)6-9(11)16/h2-3,6H,1,4-5,7H2. The molecule has 0 N–H and O–H groups in total. The number of ketones is 1. The molecule has 1 aliphatic rings.